The maximum atomic E-state index is 11.8. The number of ether oxygens (including phenoxy) is 1. The summed E-state index contributed by atoms with van der Waals surface area (Å²) < 4.78 is 5.50. The largest absolute Gasteiger partial charge is 0.378 e. The lowest BCUT2D eigenvalue weighted by Crippen LogP contribution is -2.27. The van der Waals surface area contributed by atoms with Gasteiger partial charge in [0, 0.05) is 20.2 Å². The average molecular weight is 249 g/mol. The van der Waals surface area contributed by atoms with Gasteiger partial charge in [-0.2, -0.15) is 0 Å². The van der Waals surface area contributed by atoms with Crippen LogP contribution in [0.15, 0.2) is 18.2 Å². The van der Waals surface area contributed by atoms with Crippen molar-refractivity contribution in [3.63, 3.8) is 0 Å². The van der Waals surface area contributed by atoms with Gasteiger partial charge in [-0.3, -0.25) is 4.79 Å². The van der Waals surface area contributed by atoms with E-state index in [4.69, 9.17) is 4.74 Å². The van der Waals surface area contributed by atoms with Gasteiger partial charge in [0.15, 0.2) is 0 Å². The minimum Gasteiger partial charge on any atom is -0.378 e. The molecule has 1 aromatic rings. The van der Waals surface area contributed by atoms with E-state index in [0.29, 0.717) is 24.2 Å². The Labute approximate surface area is 107 Å². The zero-order chi connectivity index (χ0) is 12.8. The van der Waals surface area contributed by atoms with Gasteiger partial charge in [-0.25, -0.2) is 4.98 Å². The molecule has 1 aromatic heterocycles. The van der Waals surface area contributed by atoms with Gasteiger partial charge in [-0.15, -0.1) is 0 Å². The van der Waals surface area contributed by atoms with E-state index in [9.17, 15) is 4.79 Å². The fraction of sp³-hybridized carbons (Fsp3) is 0.538. The molecule has 1 aliphatic rings. The number of pyridine rings is 1. The molecule has 0 spiro atoms. The monoisotopic (exact) mass is 249 g/mol. The Kier molecular flexibility index (Phi) is 4.52. The lowest BCUT2D eigenvalue weighted by Gasteiger charge is -2.10. The molecule has 0 bridgehead atoms. The second-order valence-corrected chi connectivity index (χ2v) is 4.34. The molecule has 0 saturated carbocycles. The van der Waals surface area contributed by atoms with Crippen molar-refractivity contribution in [1.29, 1.82) is 0 Å². The number of aromatic nitrogens is 1. The van der Waals surface area contributed by atoms with Crippen LogP contribution in [-0.4, -0.2) is 37.2 Å². The predicted octanol–water partition coefficient (Wildman–Crippen LogP) is 1.42. The van der Waals surface area contributed by atoms with E-state index in [1.165, 1.54) is 0 Å². The van der Waals surface area contributed by atoms with Crippen molar-refractivity contribution < 1.29 is 9.53 Å². The quantitative estimate of drug-likeness (QED) is 0.828. The van der Waals surface area contributed by atoms with Gasteiger partial charge < -0.3 is 15.4 Å². The Bertz CT molecular complexity index is 403. The molecule has 98 valence electrons. The van der Waals surface area contributed by atoms with Gasteiger partial charge in [-0.1, -0.05) is 6.07 Å². The molecule has 1 atom stereocenters. The Morgan fingerprint density at radius 3 is 3.17 bits per heavy atom. The zero-order valence-corrected chi connectivity index (χ0v) is 10.6. The van der Waals surface area contributed by atoms with Crippen molar-refractivity contribution in [3.8, 4) is 0 Å². The van der Waals surface area contributed by atoms with E-state index in [2.05, 4.69) is 15.6 Å². The molecule has 2 rings (SSSR count). The van der Waals surface area contributed by atoms with Crippen molar-refractivity contribution in [2.45, 2.75) is 25.4 Å². The number of amides is 1. The van der Waals surface area contributed by atoms with Crippen LogP contribution in [0.4, 0.5) is 5.82 Å². The third kappa shape index (κ3) is 3.43. The third-order valence-corrected chi connectivity index (χ3v) is 3.01. The molecule has 2 N–H and O–H groups in total. The number of anilines is 1. The molecule has 1 unspecified atom stereocenters. The SMILES string of the molecule is CNc1cccc(C(=O)NCCC2CCCO2)n1. The normalized spacial score (nSPS) is 18.6. The van der Waals surface area contributed by atoms with E-state index in [1.807, 2.05) is 12.1 Å². The number of rotatable bonds is 5. The maximum absolute atomic E-state index is 11.8. The lowest BCUT2D eigenvalue weighted by atomic mass is 10.2. The summed E-state index contributed by atoms with van der Waals surface area (Å²) in [6.45, 7) is 1.49. The van der Waals surface area contributed by atoms with Crippen LogP contribution in [0, 0.1) is 0 Å². The molecule has 0 aromatic carbocycles. The molecule has 1 fully saturated rings. The van der Waals surface area contributed by atoms with E-state index in [-0.39, 0.29) is 5.91 Å². The van der Waals surface area contributed by atoms with Crippen molar-refractivity contribution in [3.05, 3.63) is 23.9 Å². The van der Waals surface area contributed by atoms with Gasteiger partial charge >= 0.3 is 0 Å². The van der Waals surface area contributed by atoms with E-state index in [0.717, 1.165) is 25.9 Å². The smallest absolute Gasteiger partial charge is 0.269 e. The van der Waals surface area contributed by atoms with Crippen LogP contribution >= 0.6 is 0 Å². The van der Waals surface area contributed by atoms with E-state index in [1.54, 1.807) is 13.1 Å². The van der Waals surface area contributed by atoms with E-state index >= 15 is 0 Å². The van der Waals surface area contributed by atoms with E-state index < -0.39 is 0 Å². The number of nitrogens with zero attached hydrogens (tertiary/aromatic N) is 1. The topological polar surface area (TPSA) is 63.2 Å². The maximum Gasteiger partial charge on any atom is 0.269 e. The third-order valence-electron chi connectivity index (χ3n) is 3.01. The van der Waals surface area contributed by atoms with Gasteiger partial charge in [0.2, 0.25) is 0 Å². The van der Waals surface area contributed by atoms with Crippen LogP contribution < -0.4 is 10.6 Å². The summed E-state index contributed by atoms with van der Waals surface area (Å²) >= 11 is 0. The number of carbonyl (C=O) groups excluding carboxylic acids is 1. The Morgan fingerprint density at radius 2 is 2.44 bits per heavy atom. The summed E-state index contributed by atoms with van der Waals surface area (Å²) in [6.07, 6.45) is 3.41. The summed E-state index contributed by atoms with van der Waals surface area (Å²) in [5.41, 5.74) is 0.439. The molecule has 1 aliphatic heterocycles. The van der Waals surface area contributed by atoms with Gasteiger partial charge in [-0.05, 0) is 31.4 Å². The fourth-order valence-electron chi connectivity index (χ4n) is 2.01. The molecule has 1 saturated heterocycles. The van der Waals surface area contributed by atoms with Crippen LogP contribution in [0.2, 0.25) is 0 Å². The molecule has 2 heterocycles. The highest BCUT2D eigenvalue weighted by Crippen LogP contribution is 2.14. The minimum atomic E-state index is -0.134. The molecular formula is C13H19N3O2. The first kappa shape index (κ1) is 12.8. The highest BCUT2D eigenvalue weighted by molar-refractivity contribution is 5.92. The van der Waals surface area contributed by atoms with Crippen LogP contribution in [0.1, 0.15) is 29.8 Å². The Balaban J connectivity index is 1.79. The molecule has 1 amide bonds. The molecule has 5 nitrogen and oxygen atoms in total. The number of nitrogens with one attached hydrogen (secondary N) is 2. The van der Waals surface area contributed by atoms with Gasteiger partial charge in [0.05, 0.1) is 6.10 Å². The second-order valence-electron chi connectivity index (χ2n) is 4.34. The van der Waals surface area contributed by atoms with Crippen molar-refractivity contribution in [1.82, 2.24) is 10.3 Å². The van der Waals surface area contributed by atoms with Crippen LogP contribution in [0.5, 0.6) is 0 Å². The number of carbonyl (C=O) groups is 1. The first-order chi connectivity index (χ1) is 8.79. The fourth-order valence-corrected chi connectivity index (χ4v) is 2.01. The number of hydrogen-bond acceptors (Lipinski definition) is 4. The second kappa shape index (κ2) is 6.35. The van der Waals surface area contributed by atoms with Crippen LogP contribution in [-0.2, 0) is 4.74 Å². The average Bonchev–Trinajstić information content (AvgIpc) is 2.92. The molecule has 0 radical (unpaired) electrons. The Morgan fingerprint density at radius 1 is 1.56 bits per heavy atom. The summed E-state index contributed by atoms with van der Waals surface area (Å²) in [5, 5.41) is 5.78. The van der Waals surface area contributed by atoms with Crippen molar-refractivity contribution in [2.75, 3.05) is 25.5 Å². The van der Waals surface area contributed by atoms with Crippen molar-refractivity contribution in [2.24, 2.45) is 0 Å². The van der Waals surface area contributed by atoms with Crippen LogP contribution in [0.3, 0.4) is 0 Å². The van der Waals surface area contributed by atoms with Gasteiger partial charge in [0.1, 0.15) is 11.5 Å². The van der Waals surface area contributed by atoms with Crippen molar-refractivity contribution >= 4 is 11.7 Å². The molecular weight excluding hydrogens is 230 g/mol. The standard InChI is InChI=1S/C13H19N3O2/c1-14-12-6-2-5-11(16-12)13(17)15-8-7-10-4-3-9-18-10/h2,5-6,10H,3-4,7-9H2,1H3,(H,14,16)(H,15,17). The summed E-state index contributed by atoms with van der Waals surface area (Å²) in [7, 11) is 1.78. The summed E-state index contributed by atoms with van der Waals surface area (Å²) in [4.78, 5) is 16.0. The van der Waals surface area contributed by atoms with Crippen LogP contribution in [0.25, 0.3) is 0 Å². The molecule has 5 heteroatoms. The summed E-state index contributed by atoms with van der Waals surface area (Å²) in [5.74, 6) is 0.562. The predicted molar refractivity (Wildman–Crippen MR) is 69.7 cm³/mol. The zero-order valence-electron chi connectivity index (χ0n) is 10.6. The van der Waals surface area contributed by atoms with Gasteiger partial charge in [0.25, 0.3) is 5.91 Å². The molecule has 18 heavy (non-hydrogen) atoms. The highest BCUT2D eigenvalue weighted by Gasteiger charge is 2.15. The first-order valence-corrected chi connectivity index (χ1v) is 6.34. The highest BCUT2D eigenvalue weighted by atomic mass is 16.5. The molecule has 0 aliphatic carbocycles. The lowest BCUT2D eigenvalue weighted by molar-refractivity contribution is 0.0903. The summed E-state index contributed by atoms with van der Waals surface area (Å²) in [6, 6.07) is 5.35. The minimum absolute atomic E-state index is 0.134. The first-order valence-electron chi connectivity index (χ1n) is 6.34. The number of hydrogen-bond donors (Lipinski definition) is 2. The Hall–Kier alpha value is -1.62.